The van der Waals surface area contributed by atoms with Crippen LogP contribution in [0.3, 0.4) is 0 Å². The highest BCUT2D eigenvalue weighted by Gasteiger charge is 2.34. The van der Waals surface area contributed by atoms with E-state index >= 15 is 0 Å². The van der Waals surface area contributed by atoms with Gasteiger partial charge >= 0.3 is 11.9 Å². The summed E-state index contributed by atoms with van der Waals surface area (Å²) in [7, 11) is 0. The molecule has 0 radical (unpaired) electrons. The molecule has 0 aliphatic heterocycles. The van der Waals surface area contributed by atoms with Crippen LogP contribution in [-0.2, 0) is 24.0 Å². The van der Waals surface area contributed by atoms with Crippen LogP contribution in [-0.4, -0.2) is 86.5 Å². The van der Waals surface area contributed by atoms with Crippen LogP contribution < -0.4 is 21.7 Å². The molecule has 6 unspecified atom stereocenters. The molecular formula is C17H30N4O9. The van der Waals surface area contributed by atoms with Crippen LogP contribution in [0.1, 0.15) is 34.1 Å². The zero-order chi connectivity index (χ0) is 23.8. The topological polar surface area (TPSA) is 228 Å². The van der Waals surface area contributed by atoms with Crippen molar-refractivity contribution in [1.29, 1.82) is 0 Å². The highest BCUT2D eigenvalue weighted by Crippen LogP contribution is 2.06. The van der Waals surface area contributed by atoms with Gasteiger partial charge in [-0.2, -0.15) is 0 Å². The number of carboxylic acids is 2. The summed E-state index contributed by atoms with van der Waals surface area (Å²) in [6.07, 6.45) is -3.51. The lowest BCUT2D eigenvalue weighted by molar-refractivity contribution is -0.146. The van der Waals surface area contributed by atoms with Crippen LogP contribution in [0.15, 0.2) is 0 Å². The molecule has 172 valence electrons. The Labute approximate surface area is 173 Å². The van der Waals surface area contributed by atoms with E-state index in [4.69, 9.17) is 15.9 Å². The number of hydrogen-bond donors (Lipinski definition) is 8. The fourth-order valence-corrected chi connectivity index (χ4v) is 2.29. The minimum absolute atomic E-state index is 0.557. The number of carbonyl (C=O) groups excluding carboxylic acids is 3. The molecule has 13 nitrogen and oxygen atoms in total. The van der Waals surface area contributed by atoms with Crippen LogP contribution in [0.2, 0.25) is 0 Å². The predicted octanol–water partition coefficient (Wildman–Crippen LogP) is -3.25. The minimum atomic E-state index is -1.63. The van der Waals surface area contributed by atoms with Crippen LogP contribution in [0.25, 0.3) is 0 Å². The van der Waals surface area contributed by atoms with E-state index in [1.165, 1.54) is 20.8 Å². The van der Waals surface area contributed by atoms with E-state index in [9.17, 15) is 34.2 Å². The van der Waals surface area contributed by atoms with Crippen molar-refractivity contribution in [3.8, 4) is 0 Å². The lowest BCUT2D eigenvalue weighted by atomic mass is 10.0. The largest absolute Gasteiger partial charge is 0.481 e. The second-order valence-corrected chi connectivity index (χ2v) is 7.22. The van der Waals surface area contributed by atoms with Gasteiger partial charge in [-0.15, -0.1) is 0 Å². The Balaban J connectivity index is 5.46. The number of nitrogens with two attached hydrogens (primary N) is 1. The number of rotatable bonds is 12. The number of aliphatic carboxylic acids is 2. The van der Waals surface area contributed by atoms with E-state index in [2.05, 4.69) is 16.0 Å². The predicted molar refractivity (Wildman–Crippen MR) is 102 cm³/mol. The summed E-state index contributed by atoms with van der Waals surface area (Å²) < 4.78 is 0. The molecule has 30 heavy (non-hydrogen) atoms. The Morgan fingerprint density at radius 2 is 1.27 bits per heavy atom. The molecule has 0 aliphatic rings. The molecular weight excluding hydrogens is 404 g/mol. The lowest BCUT2D eigenvalue weighted by Crippen LogP contribution is -2.60. The van der Waals surface area contributed by atoms with Crippen LogP contribution in [0.4, 0.5) is 0 Å². The van der Waals surface area contributed by atoms with E-state index in [1.807, 2.05) is 0 Å². The van der Waals surface area contributed by atoms with Crippen molar-refractivity contribution >= 4 is 29.7 Å². The Bertz CT molecular complexity index is 651. The molecule has 0 fully saturated rings. The summed E-state index contributed by atoms with van der Waals surface area (Å²) in [5, 5.41) is 43.4. The van der Waals surface area contributed by atoms with Gasteiger partial charge < -0.3 is 42.1 Å². The van der Waals surface area contributed by atoms with Gasteiger partial charge in [0, 0.05) is 0 Å². The van der Waals surface area contributed by atoms with Crippen molar-refractivity contribution in [2.24, 2.45) is 11.7 Å². The SMILES string of the molecule is CC(C)C(NC(=O)C(CC(=O)O)NC(=O)C(N)C(C)O)C(=O)NC(C(=O)O)C(C)O. The van der Waals surface area contributed by atoms with E-state index in [-0.39, 0.29) is 0 Å². The Morgan fingerprint density at radius 3 is 1.63 bits per heavy atom. The molecule has 0 aliphatic carbocycles. The smallest absolute Gasteiger partial charge is 0.328 e. The zero-order valence-electron chi connectivity index (χ0n) is 17.2. The Morgan fingerprint density at radius 1 is 0.767 bits per heavy atom. The minimum Gasteiger partial charge on any atom is -0.481 e. The molecule has 9 N–H and O–H groups in total. The van der Waals surface area contributed by atoms with Gasteiger partial charge in [-0.25, -0.2) is 4.79 Å². The van der Waals surface area contributed by atoms with E-state index in [0.717, 1.165) is 6.92 Å². The number of carbonyl (C=O) groups is 5. The third-order valence-electron chi connectivity index (χ3n) is 4.13. The van der Waals surface area contributed by atoms with Crippen LogP contribution in [0.5, 0.6) is 0 Å². The van der Waals surface area contributed by atoms with Crippen LogP contribution in [0, 0.1) is 5.92 Å². The first-order valence-corrected chi connectivity index (χ1v) is 9.16. The van der Waals surface area contributed by atoms with Gasteiger partial charge in [0.05, 0.1) is 18.6 Å². The molecule has 0 aromatic rings. The number of carboxylic acid groups (broad SMARTS) is 2. The second-order valence-electron chi connectivity index (χ2n) is 7.22. The molecule has 0 bridgehead atoms. The lowest BCUT2D eigenvalue weighted by Gasteiger charge is -2.27. The summed E-state index contributed by atoms with van der Waals surface area (Å²) in [5.41, 5.74) is 5.46. The maximum atomic E-state index is 12.5. The average molecular weight is 434 g/mol. The van der Waals surface area contributed by atoms with Gasteiger partial charge in [0.25, 0.3) is 0 Å². The van der Waals surface area contributed by atoms with E-state index in [1.54, 1.807) is 0 Å². The summed E-state index contributed by atoms with van der Waals surface area (Å²) >= 11 is 0. The molecule has 3 amide bonds. The number of aliphatic hydroxyl groups excluding tert-OH is 2. The normalized spacial score (nSPS) is 17.1. The highest BCUT2D eigenvalue weighted by atomic mass is 16.4. The molecule has 0 saturated carbocycles. The van der Waals surface area contributed by atoms with Crippen molar-refractivity contribution in [2.75, 3.05) is 0 Å². The quantitative estimate of drug-likeness (QED) is 0.153. The Kier molecular flexibility index (Phi) is 10.9. The molecule has 0 saturated heterocycles. The first kappa shape index (κ1) is 27.2. The average Bonchev–Trinajstić information content (AvgIpc) is 2.60. The number of amides is 3. The van der Waals surface area contributed by atoms with Gasteiger partial charge in [-0.05, 0) is 19.8 Å². The standard InChI is InChI=1S/C17H30N4O9/c1-6(2)12(16(28)21-13(8(4)23)17(29)30)20-14(26)9(5-10(24)25)19-15(27)11(18)7(3)22/h6-9,11-13,22-23H,5,18H2,1-4H3,(H,19,27)(H,20,26)(H,21,28)(H,24,25)(H,29,30). The first-order valence-electron chi connectivity index (χ1n) is 9.16. The molecule has 0 aromatic carbocycles. The number of nitrogens with one attached hydrogen (secondary N) is 3. The molecule has 0 heterocycles. The third kappa shape index (κ3) is 8.71. The fraction of sp³-hybridized carbons (Fsp3) is 0.706. The summed E-state index contributed by atoms with van der Waals surface area (Å²) in [4.78, 5) is 59.2. The van der Waals surface area contributed by atoms with Gasteiger partial charge in [0.2, 0.25) is 17.7 Å². The molecule has 0 rings (SSSR count). The van der Waals surface area contributed by atoms with Crippen molar-refractivity contribution in [2.45, 2.75) is 70.5 Å². The Hall–Kier alpha value is -2.77. The van der Waals surface area contributed by atoms with Crippen molar-refractivity contribution in [3.63, 3.8) is 0 Å². The van der Waals surface area contributed by atoms with Gasteiger partial charge in [0.1, 0.15) is 18.1 Å². The monoisotopic (exact) mass is 434 g/mol. The van der Waals surface area contributed by atoms with E-state index < -0.39 is 78.4 Å². The second kappa shape index (κ2) is 12.0. The van der Waals surface area contributed by atoms with E-state index in [0.29, 0.717) is 0 Å². The maximum Gasteiger partial charge on any atom is 0.328 e. The molecule has 0 aromatic heterocycles. The van der Waals surface area contributed by atoms with Crippen LogP contribution >= 0.6 is 0 Å². The summed E-state index contributed by atoms with van der Waals surface area (Å²) in [6.45, 7) is 5.47. The molecule has 6 atom stereocenters. The van der Waals surface area contributed by atoms with Crippen molar-refractivity contribution in [3.05, 3.63) is 0 Å². The number of aliphatic hydroxyl groups is 2. The maximum absolute atomic E-state index is 12.5. The van der Waals surface area contributed by atoms with Gasteiger partial charge in [-0.1, -0.05) is 13.8 Å². The molecule has 0 spiro atoms. The first-order chi connectivity index (χ1) is 13.7. The third-order valence-corrected chi connectivity index (χ3v) is 4.13. The summed E-state index contributed by atoms with van der Waals surface area (Å²) in [5.74, 6) is -6.40. The zero-order valence-corrected chi connectivity index (χ0v) is 17.2. The van der Waals surface area contributed by atoms with Crippen molar-refractivity contribution < 1.29 is 44.4 Å². The summed E-state index contributed by atoms with van der Waals surface area (Å²) in [6, 6.07) is -5.95. The highest BCUT2D eigenvalue weighted by molar-refractivity contribution is 5.95. The van der Waals surface area contributed by atoms with Crippen molar-refractivity contribution in [1.82, 2.24) is 16.0 Å². The number of hydrogen-bond acceptors (Lipinski definition) is 8. The fourth-order valence-electron chi connectivity index (χ4n) is 2.29. The van der Waals surface area contributed by atoms with Gasteiger partial charge in [0.15, 0.2) is 6.04 Å². The van der Waals surface area contributed by atoms with Gasteiger partial charge in [-0.3, -0.25) is 19.2 Å². The molecule has 13 heteroatoms.